The molecule has 0 radical (unpaired) electrons. The van der Waals surface area contributed by atoms with E-state index in [-0.39, 0.29) is 49.4 Å². The molecule has 0 aromatic carbocycles. The van der Waals surface area contributed by atoms with Crippen LogP contribution in [0.1, 0.15) is 13.3 Å². The van der Waals surface area contributed by atoms with Crippen LogP contribution in [0.25, 0.3) is 0 Å². The summed E-state index contributed by atoms with van der Waals surface area (Å²) < 4.78 is 15.3. The van der Waals surface area contributed by atoms with E-state index in [9.17, 15) is 4.89 Å². The van der Waals surface area contributed by atoms with E-state index in [1.807, 2.05) is 6.92 Å². The standard InChI is InChI=1S/C6H10O4PS.U/c1-2-4-6-5(3-8-4)9-11(7,12)10-6;/h3-6H,2H2,1H3,(H,7,12);/q-1;/p-1/t4-,5?,6-,11?;/m1./s1. The van der Waals surface area contributed by atoms with Crippen molar-refractivity contribution in [2.45, 2.75) is 31.7 Å². The summed E-state index contributed by atoms with van der Waals surface area (Å²) in [5, 5.41) is 0. The fraction of sp³-hybridized carbons (Fsp3) is 0.833. The summed E-state index contributed by atoms with van der Waals surface area (Å²) in [6, 6.07) is 0. The Morgan fingerprint density at radius 3 is 2.85 bits per heavy atom. The van der Waals surface area contributed by atoms with Gasteiger partial charge in [-0.15, -0.1) is 0 Å². The van der Waals surface area contributed by atoms with Gasteiger partial charge in [-0.25, -0.2) is 0 Å². The van der Waals surface area contributed by atoms with Crippen molar-refractivity contribution in [2.24, 2.45) is 0 Å². The Hall–Kier alpha value is 1.54. The number of hydrogen-bond donors (Lipinski definition) is 0. The minimum absolute atomic E-state index is 0. The molecule has 0 saturated carbocycles. The van der Waals surface area contributed by atoms with Gasteiger partial charge in [0.2, 0.25) is 0 Å². The zero-order chi connectivity index (χ0) is 8.77. The molecule has 0 aliphatic carbocycles. The second-order valence-electron chi connectivity index (χ2n) is 2.81. The topological polar surface area (TPSA) is 50.8 Å². The van der Waals surface area contributed by atoms with Gasteiger partial charge in [-0.3, -0.25) is 0 Å². The van der Waals surface area contributed by atoms with Crippen LogP contribution in [0.4, 0.5) is 0 Å². The Morgan fingerprint density at radius 1 is 1.54 bits per heavy atom. The van der Waals surface area contributed by atoms with Gasteiger partial charge in [-0.2, -0.15) is 6.61 Å². The van der Waals surface area contributed by atoms with Gasteiger partial charge in [-0.1, -0.05) is 18.7 Å². The van der Waals surface area contributed by atoms with Crippen molar-refractivity contribution in [3.05, 3.63) is 6.61 Å². The van der Waals surface area contributed by atoms with E-state index in [2.05, 4.69) is 11.8 Å². The molecule has 2 rings (SSSR count). The van der Waals surface area contributed by atoms with Gasteiger partial charge in [0.05, 0.1) is 12.2 Å². The molecule has 0 aromatic heterocycles. The van der Waals surface area contributed by atoms with Crippen molar-refractivity contribution in [3.8, 4) is 0 Å². The number of fused-ring (bicyclic) bond motifs is 1. The first-order valence-electron chi connectivity index (χ1n) is 3.79. The molecule has 0 bridgehead atoms. The van der Waals surface area contributed by atoms with Crippen LogP contribution < -0.4 is 4.89 Å². The maximum atomic E-state index is 11.2. The summed E-state index contributed by atoms with van der Waals surface area (Å²) in [7, 11) is 0. The van der Waals surface area contributed by atoms with Crippen LogP contribution in [-0.2, 0) is 25.6 Å². The van der Waals surface area contributed by atoms with E-state index >= 15 is 0 Å². The molecule has 0 aromatic rings. The maximum absolute atomic E-state index is 11.2. The van der Waals surface area contributed by atoms with Crippen LogP contribution in [0.3, 0.4) is 0 Å². The van der Waals surface area contributed by atoms with Crippen molar-refractivity contribution < 1.29 is 49.8 Å². The SMILES string of the molecule is CC[C@H]1O[CH-]C2OP([O-])(=S)O[C@@H]21.[U]. The van der Waals surface area contributed by atoms with Crippen molar-refractivity contribution in [1.29, 1.82) is 0 Å². The van der Waals surface area contributed by atoms with E-state index < -0.39 is 6.72 Å². The third kappa shape index (κ3) is 2.56. The normalized spacial score (nSPS) is 48.6. The third-order valence-corrected chi connectivity index (χ3v) is 3.50. The predicted molar refractivity (Wildman–Crippen MR) is 43.5 cm³/mol. The van der Waals surface area contributed by atoms with E-state index in [4.69, 9.17) is 13.8 Å². The van der Waals surface area contributed by atoms with E-state index in [1.165, 1.54) is 6.61 Å². The first kappa shape index (κ1) is 12.6. The molecule has 4 nitrogen and oxygen atoms in total. The van der Waals surface area contributed by atoms with Gasteiger partial charge in [-0.05, 0) is 12.5 Å². The zero-order valence-electron chi connectivity index (χ0n) is 7.00. The smallest absolute Gasteiger partial charge is 0.113 e. The molecule has 0 amide bonds. The molecule has 0 spiro atoms. The molecule has 2 aliphatic heterocycles. The Labute approximate surface area is 106 Å². The first-order valence-corrected chi connectivity index (χ1v) is 6.34. The Kier molecular flexibility index (Phi) is 4.45. The summed E-state index contributed by atoms with van der Waals surface area (Å²) in [4.78, 5) is 11.2. The largest absolute Gasteiger partial charge is 0.780 e. The summed E-state index contributed by atoms with van der Waals surface area (Å²) >= 11 is 4.60. The van der Waals surface area contributed by atoms with Gasteiger partial charge in [0.15, 0.2) is 0 Å². The summed E-state index contributed by atoms with van der Waals surface area (Å²) in [5.41, 5.74) is 0. The average molecular weight is 446 g/mol. The van der Waals surface area contributed by atoms with Gasteiger partial charge in [0.1, 0.15) is 6.72 Å². The van der Waals surface area contributed by atoms with Crippen molar-refractivity contribution in [1.82, 2.24) is 0 Å². The monoisotopic (exact) mass is 446 g/mol. The molecular formula is C6H9O4PSU-2. The average Bonchev–Trinajstić information content (AvgIpc) is 2.42. The molecule has 4 atom stereocenters. The maximum Gasteiger partial charge on any atom is 0.113 e. The van der Waals surface area contributed by atoms with Gasteiger partial charge in [0, 0.05) is 31.1 Å². The van der Waals surface area contributed by atoms with Crippen molar-refractivity contribution in [3.63, 3.8) is 0 Å². The van der Waals surface area contributed by atoms with Crippen LogP contribution in [0.5, 0.6) is 0 Å². The second-order valence-corrected chi connectivity index (χ2v) is 5.46. The minimum Gasteiger partial charge on any atom is -0.780 e. The van der Waals surface area contributed by atoms with Gasteiger partial charge >= 0.3 is 0 Å². The summed E-state index contributed by atoms with van der Waals surface area (Å²) in [5.74, 6) is 0. The Balaban J connectivity index is 0.000000845. The van der Waals surface area contributed by atoms with E-state index in [0.29, 0.717) is 0 Å². The van der Waals surface area contributed by atoms with Gasteiger partial charge < -0.3 is 18.7 Å². The second kappa shape index (κ2) is 4.59. The molecule has 2 fully saturated rings. The number of ether oxygens (including phenoxy) is 1. The number of hydrogen-bond acceptors (Lipinski definition) is 5. The van der Waals surface area contributed by atoms with Crippen molar-refractivity contribution >= 4 is 18.5 Å². The molecule has 2 aliphatic rings. The van der Waals surface area contributed by atoms with Crippen molar-refractivity contribution in [2.75, 3.05) is 0 Å². The molecular weight excluding hydrogens is 437 g/mol. The van der Waals surface area contributed by atoms with Crippen LogP contribution >= 0.6 is 6.72 Å². The van der Waals surface area contributed by atoms with E-state index in [1.54, 1.807) is 0 Å². The van der Waals surface area contributed by atoms with Gasteiger partial charge in [0.25, 0.3) is 0 Å². The predicted octanol–water partition coefficient (Wildman–Crippen LogP) is 0.326. The molecule has 2 unspecified atom stereocenters. The quantitative estimate of drug-likeness (QED) is 0.430. The summed E-state index contributed by atoms with van der Waals surface area (Å²) in [6.45, 7) is 0.289. The molecule has 2 saturated heterocycles. The molecule has 7 heteroatoms. The third-order valence-electron chi connectivity index (χ3n) is 1.98. The Morgan fingerprint density at radius 2 is 2.23 bits per heavy atom. The van der Waals surface area contributed by atoms with Crippen LogP contribution in [0.2, 0.25) is 0 Å². The van der Waals surface area contributed by atoms with E-state index in [0.717, 1.165) is 6.42 Å². The molecule has 13 heavy (non-hydrogen) atoms. The molecule has 0 N–H and O–H groups in total. The van der Waals surface area contributed by atoms with Crippen LogP contribution in [0, 0.1) is 37.7 Å². The van der Waals surface area contributed by atoms with Crippen LogP contribution in [0.15, 0.2) is 0 Å². The van der Waals surface area contributed by atoms with Crippen LogP contribution in [-0.4, -0.2) is 18.3 Å². The molecule has 2 heterocycles. The molecule has 74 valence electrons. The Bertz CT molecular complexity index is 239. The minimum atomic E-state index is -3.20. The zero-order valence-corrected chi connectivity index (χ0v) is 12.9. The first-order chi connectivity index (χ1) is 5.62. The number of rotatable bonds is 1. The fourth-order valence-electron chi connectivity index (χ4n) is 1.41. The summed E-state index contributed by atoms with van der Waals surface area (Å²) in [6.07, 6.45) is 0.140. The fourth-order valence-corrected chi connectivity index (χ4v) is 3.08.